The Bertz CT molecular complexity index is 1180. The van der Waals surface area contributed by atoms with E-state index in [2.05, 4.69) is 4.90 Å². The molecule has 200 valence electrons. The standard InChI is InChI=1S/C28H32N4O6/c33-27(30(21-26-7-4-18-38-26)13-12-23-5-2-1-3-6-23)22-31(15-14-29-16-19-37-20-17-29)28(34)24-8-10-25(11-9-24)32(35)36/h1-11,18H,12-17,19-22H2. The van der Waals surface area contributed by atoms with Crippen LogP contribution in [-0.2, 0) is 22.5 Å². The van der Waals surface area contributed by atoms with E-state index in [0.29, 0.717) is 57.1 Å². The highest BCUT2D eigenvalue weighted by Crippen LogP contribution is 2.15. The number of nitro benzene ring substituents is 1. The summed E-state index contributed by atoms with van der Waals surface area (Å²) in [5, 5.41) is 11.0. The van der Waals surface area contributed by atoms with Crippen LogP contribution in [-0.4, -0.2) is 83.9 Å². The molecule has 0 atom stereocenters. The first-order valence-corrected chi connectivity index (χ1v) is 12.7. The highest BCUT2D eigenvalue weighted by molar-refractivity contribution is 5.96. The summed E-state index contributed by atoms with van der Waals surface area (Å²) in [5.41, 5.74) is 1.31. The van der Waals surface area contributed by atoms with Crippen LogP contribution in [0, 0.1) is 10.1 Å². The number of benzene rings is 2. The lowest BCUT2D eigenvalue weighted by atomic mass is 10.1. The van der Waals surface area contributed by atoms with E-state index in [9.17, 15) is 19.7 Å². The van der Waals surface area contributed by atoms with Crippen molar-refractivity contribution in [1.82, 2.24) is 14.7 Å². The first-order chi connectivity index (χ1) is 18.5. The fourth-order valence-electron chi connectivity index (χ4n) is 4.30. The SMILES string of the molecule is O=C(CN(CCN1CCOCC1)C(=O)c1ccc([N+](=O)[O-])cc1)N(CCc1ccccc1)Cc1ccco1. The van der Waals surface area contributed by atoms with Crippen molar-refractivity contribution in [2.45, 2.75) is 13.0 Å². The number of amides is 2. The Morgan fingerprint density at radius 1 is 0.921 bits per heavy atom. The fraction of sp³-hybridized carbons (Fsp3) is 0.357. The van der Waals surface area contributed by atoms with Crippen molar-refractivity contribution in [3.8, 4) is 0 Å². The van der Waals surface area contributed by atoms with Crippen molar-refractivity contribution in [2.24, 2.45) is 0 Å². The second kappa shape index (κ2) is 13.5. The highest BCUT2D eigenvalue weighted by atomic mass is 16.6. The quantitative estimate of drug-likeness (QED) is 0.266. The Balaban J connectivity index is 1.49. The molecule has 0 aliphatic carbocycles. The third-order valence-electron chi connectivity index (χ3n) is 6.52. The normalized spacial score (nSPS) is 13.7. The van der Waals surface area contributed by atoms with E-state index >= 15 is 0 Å². The van der Waals surface area contributed by atoms with Crippen LogP contribution >= 0.6 is 0 Å². The molecule has 10 heteroatoms. The summed E-state index contributed by atoms with van der Waals surface area (Å²) in [6.07, 6.45) is 2.24. The van der Waals surface area contributed by atoms with Gasteiger partial charge in [0, 0.05) is 50.4 Å². The Morgan fingerprint density at radius 2 is 1.66 bits per heavy atom. The Labute approximate surface area is 221 Å². The zero-order chi connectivity index (χ0) is 26.7. The van der Waals surface area contributed by atoms with Gasteiger partial charge in [-0.05, 0) is 36.2 Å². The monoisotopic (exact) mass is 520 g/mol. The molecule has 0 spiro atoms. The Kier molecular flexibility index (Phi) is 9.60. The molecule has 0 saturated carbocycles. The maximum atomic E-state index is 13.6. The van der Waals surface area contributed by atoms with Crippen molar-refractivity contribution >= 4 is 17.5 Å². The van der Waals surface area contributed by atoms with Crippen molar-refractivity contribution in [3.05, 3.63) is 100.0 Å². The van der Waals surface area contributed by atoms with E-state index in [4.69, 9.17) is 9.15 Å². The minimum Gasteiger partial charge on any atom is -0.467 e. The minimum absolute atomic E-state index is 0.0944. The average molecular weight is 521 g/mol. The van der Waals surface area contributed by atoms with Crippen LogP contribution < -0.4 is 0 Å². The van der Waals surface area contributed by atoms with Gasteiger partial charge in [-0.2, -0.15) is 0 Å². The van der Waals surface area contributed by atoms with Gasteiger partial charge in [0.25, 0.3) is 11.6 Å². The number of hydrogen-bond acceptors (Lipinski definition) is 7. The van der Waals surface area contributed by atoms with Crippen LogP contribution in [0.2, 0.25) is 0 Å². The number of carbonyl (C=O) groups is 2. The molecule has 1 fully saturated rings. The maximum Gasteiger partial charge on any atom is 0.269 e. The summed E-state index contributed by atoms with van der Waals surface area (Å²) in [6, 6.07) is 19.0. The smallest absolute Gasteiger partial charge is 0.269 e. The molecule has 10 nitrogen and oxygen atoms in total. The fourth-order valence-corrected chi connectivity index (χ4v) is 4.30. The Hall–Kier alpha value is -4.02. The number of nitro groups is 1. The summed E-state index contributed by atoms with van der Waals surface area (Å²) in [5.74, 6) is 0.116. The lowest BCUT2D eigenvalue weighted by Crippen LogP contribution is -2.47. The number of rotatable bonds is 12. The van der Waals surface area contributed by atoms with E-state index in [1.54, 1.807) is 17.2 Å². The third-order valence-corrected chi connectivity index (χ3v) is 6.52. The summed E-state index contributed by atoms with van der Waals surface area (Å²) in [6.45, 7) is 4.36. The summed E-state index contributed by atoms with van der Waals surface area (Å²) < 4.78 is 10.9. The number of nitrogens with zero attached hydrogens (tertiary/aromatic N) is 4. The molecule has 0 N–H and O–H groups in total. The van der Waals surface area contributed by atoms with Gasteiger partial charge in [0.2, 0.25) is 5.91 Å². The van der Waals surface area contributed by atoms with Gasteiger partial charge in [0.1, 0.15) is 12.3 Å². The van der Waals surface area contributed by atoms with Crippen LogP contribution in [0.4, 0.5) is 5.69 Å². The third kappa shape index (κ3) is 7.74. The molecule has 1 aromatic heterocycles. The number of carbonyl (C=O) groups excluding carboxylic acids is 2. The van der Waals surface area contributed by atoms with E-state index in [1.165, 1.54) is 29.2 Å². The molecule has 2 aromatic carbocycles. The van der Waals surface area contributed by atoms with Gasteiger partial charge in [-0.15, -0.1) is 0 Å². The average Bonchev–Trinajstić information content (AvgIpc) is 3.47. The number of ether oxygens (including phenoxy) is 1. The van der Waals surface area contributed by atoms with Crippen LogP contribution in [0.5, 0.6) is 0 Å². The lowest BCUT2D eigenvalue weighted by molar-refractivity contribution is -0.384. The highest BCUT2D eigenvalue weighted by Gasteiger charge is 2.24. The maximum absolute atomic E-state index is 13.6. The Morgan fingerprint density at radius 3 is 2.32 bits per heavy atom. The number of furan rings is 1. The van der Waals surface area contributed by atoms with Gasteiger partial charge < -0.3 is 19.0 Å². The van der Waals surface area contributed by atoms with Crippen LogP contribution in [0.1, 0.15) is 21.7 Å². The van der Waals surface area contributed by atoms with E-state index < -0.39 is 4.92 Å². The molecule has 3 aromatic rings. The van der Waals surface area contributed by atoms with Crippen molar-refractivity contribution in [1.29, 1.82) is 0 Å². The van der Waals surface area contributed by atoms with E-state index in [1.807, 2.05) is 36.4 Å². The first kappa shape index (κ1) is 27.0. The molecule has 0 radical (unpaired) electrons. The van der Waals surface area contributed by atoms with Gasteiger partial charge >= 0.3 is 0 Å². The van der Waals surface area contributed by atoms with Crippen LogP contribution in [0.25, 0.3) is 0 Å². The van der Waals surface area contributed by atoms with Gasteiger partial charge in [-0.1, -0.05) is 30.3 Å². The van der Waals surface area contributed by atoms with Gasteiger partial charge in [0.15, 0.2) is 0 Å². The number of non-ortho nitro benzene ring substituents is 1. The summed E-state index contributed by atoms with van der Waals surface area (Å²) >= 11 is 0. The van der Waals surface area contributed by atoms with Crippen molar-refractivity contribution < 1.29 is 23.7 Å². The second-order valence-corrected chi connectivity index (χ2v) is 9.11. The number of morpholine rings is 1. The molecular formula is C28H32N4O6. The molecule has 1 aliphatic rings. The molecule has 2 amide bonds. The van der Waals surface area contributed by atoms with Crippen LogP contribution in [0.3, 0.4) is 0 Å². The number of hydrogen-bond donors (Lipinski definition) is 0. The summed E-state index contributed by atoms with van der Waals surface area (Å²) in [4.78, 5) is 43.0. The molecule has 38 heavy (non-hydrogen) atoms. The van der Waals surface area contributed by atoms with E-state index in [0.717, 1.165) is 18.7 Å². The molecule has 4 rings (SSSR count). The van der Waals surface area contributed by atoms with Crippen molar-refractivity contribution in [3.63, 3.8) is 0 Å². The molecule has 1 saturated heterocycles. The zero-order valence-corrected chi connectivity index (χ0v) is 21.2. The molecule has 0 bridgehead atoms. The summed E-state index contributed by atoms with van der Waals surface area (Å²) in [7, 11) is 0. The van der Waals surface area contributed by atoms with Crippen molar-refractivity contribution in [2.75, 3.05) is 52.5 Å². The minimum atomic E-state index is -0.507. The predicted octanol–water partition coefficient (Wildman–Crippen LogP) is 3.23. The van der Waals surface area contributed by atoms with E-state index in [-0.39, 0.29) is 24.0 Å². The largest absolute Gasteiger partial charge is 0.467 e. The molecule has 0 unspecified atom stereocenters. The van der Waals surface area contributed by atoms with Gasteiger partial charge in [-0.3, -0.25) is 24.6 Å². The van der Waals surface area contributed by atoms with Crippen LogP contribution in [0.15, 0.2) is 77.4 Å². The molecule has 2 heterocycles. The zero-order valence-electron chi connectivity index (χ0n) is 21.2. The van der Waals surface area contributed by atoms with Gasteiger partial charge in [0.05, 0.1) is 30.9 Å². The first-order valence-electron chi connectivity index (χ1n) is 12.7. The second-order valence-electron chi connectivity index (χ2n) is 9.11. The lowest BCUT2D eigenvalue weighted by Gasteiger charge is -2.31. The molecular weight excluding hydrogens is 488 g/mol. The van der Waals surface area contributed by atoms with Gasteiger partial charge in [-0.25, -0.2) is 0 Å². The topological polar surface area (TPSA) is 109 Å². The predicted molar refractivity (Wildman–Crippen MR) is 141 cm³/mol. The molecule has 1 aliphatic heterocycles.